The van der Waals surface area contributed by atoms with Crippen LogP contribution < -0.4 is 0 Å². The Morgan fingerprint density at radius 3 is 1.66 bits per heavy atom. The van der Waals surface area contributed by atoms with Gasteiger partial charge in [0, 0.05) is 32.8 Å². The molecule has 0 aliphatic heterocycles. The third-order valence-corrected chi connectivity index (χ3v) is 9.60. The maximum atomic E-state index is 9.91. The second kappa shape index (κ2) is 11.4. The zero-order chi connectivity index (χ0) is 33.8. The molecule has 50 heavy (non-hydrogen) atoms. The predicted octanol–water partition coefficient (Wildman–Crippen LogP) is 10.8. The molecule has 0 amide bonds. The van der Waals surface area contributed by atoms with Gasteiger partial charge in [0.15, 0.2) is 0 Å². The van der Waals surface area contributed by atoms with Gasteiger partial charge < -0.3 is 9.13 Å². The van der Waals surface area contributed by atoms with E-state index in [1.165, 1.54) is 10.8 Å². The number of nitriles is 3. The van der Waals surface area contributed by atoms with E-state index in [1.54, 1.807) is 0 Å². The lowest BCUT2D eigenvalue weighted by atomic mass is 9.96. The Hall–Kier alpha value is -7.39. The fourth-order valence-corrected chi connectivity index (χ4v) is 7.32. The summed E-state index contributed by atoms with van der Waals surface area (Å²) in [5, 5.41) is 33.4. The van der Waals surface area contributed by atoms with Crippen LogP contribution in [0, 0.1) is 34.0 Å². The highest BCUT2D eigenvalue weighted by molar-refractivity contribution is 6.11. The molecule has 9 aromatic rings. The molecule has 7 aromatic carbocycles. The van der Waals surface area contributed by atoms with Crippen LogP contribution in [0.2, 0.25) is 0 Å². The molecule has 230 valence electrons. The van der Waals surface area contributed by atoms with Crippen molar-refractivity contribution in [1.82, 2.24) is 9.13 Å². The lowest BCUT2D eigenvalue weighted by Crippen LogP contribution is -1.98. The van der Waals surface area contributed by atoms with Crippen LogP contribution in [0.5, 0.6) is 0 Å². The zero-order valence-electron chi connectivity index (χ0n) is 26.7. The van der Waals surface area contributed by atoms with E-state index in [4.69, 9.17) is 0 Å². The van der Waals surface area contributed by atoms with E-state index in [1.807, 2.05) is 48.5 Å². The molecule has 5 heteroatoms. The van der Waals surface area contributed by atoms with Gasteiger partial charge in [0.25, 0.3) is 0 Å². The minimum Gasteiger partial charge on any atom is -0.309 e. The molecule has 0 aliphatic carbocycles. The molecule has 0 saturated carbocycles. The number of hydrogen-bond donors (Lipinski definition) is 0. The molecule has 0 radical (unpaired) electrons. The Balaban J connectivity index is 1.17. The van der Waals surface area contributed by atoms with Crippen LogP contribution in [0.3, 0.4) is 0 Å². The van der Waals surface area contributed by atoms with Crippen molar-refractivity contribution in [3.63, 3.8) is 0 Å². The van der Waals surface area contributed by atoms with Crippen LogP contribution in [0.1, 0.15) is 16.7 Å². The Labute approximate surface area is 287 Å². The lowest BCUT2D eigenvalue weighted by molar-refractivity contribution is 1.18. The summed E-state index contributed by atoms with van der Waals surface area (Å²) >= 11 is 0. The highest BCUT2D eigenvalue weighted by Crippen LogP contribution is 2.38. The molecule has 0 N–H and O–H groups in total. The molecule has 0 fully saturated rings. The molecule has 0 unspecified atom stereocenters. The van der Waals surface area contributed by atoms with E-state index in [2.05, 4.69) is 130 Å². The van der Waals surface area contributed by atoms with Gasteiger partial charge in [0.2, 0.25) is 0 Å². The van der Waals surface area contributed by atoms with Crippen molar-refractivity contribution in [1.29, 1.82) is 15.8 Å². The van der Waals surface area contributed by atoms with E-state index in [9.17, 15) is 15.8 Å². The summed E-state index contributed by atoms with van der Waals surface area (Å²) in [6, 6.07) is 58.0. The standard InChI is InChI=1S/C45H25N5/c46-26-29-14-21-43-40(22-29)39-20-13-31(28-48)24-45(39)49(43)35-17-15-32(16-18-35)33-6-5-7-34(25-33)36-19-12-30(27-47)23-44(36)50-41-10-3-1-8-37(41)38-9-2-4-11-42(38)50/h1-25H. The van der Waals surface area contributed by atoms with Crippen molar-refractivity contribution in [2.24, 2.45) is 0 Å². The summed E-state index contributed by atoms with van der Waals surface area (Å²) in [7, 11) is 0. The summed E-state index contributed by atoms with van der Waals surface area (Å²) in [4.78, 5) is 0. The van der Waals surface area contributed by atoms with E-state index >= 15 is 0 Å². The van der Waals surface area contributed by atoms with Crippen LogP contribution >= 0.6 is 0 Å². The first kappa shape index (κ1) is 28.8. The van der Waals surface area contributed by atoms with Crippen LogP contribution in [0.25, 0.3) is 77.2 Å². The van der Waals surface area contributed by atoms with E-state index in [0.29, 0.717) is 16.7 Å². The Morgan fingerprint density at radius 1 is 0.360 bits per heavy atom. The van der Waals surface area contributed by atoms with Crippen LogP contribution in [0.4, 0.5) is 0 Å². The van der Waals surface area contributed by atoms with Gasteiger partial charge in [-0.25, -0.2) is 0 Å². The maximum Gasteiger partial charge on any atom is 0.0992 e. The topological polar surface area (TPSA) is 81.2 Å². The molecule has 0 atom stereocenters. The summed E-state index contributed by atoms with van der Waals surface area (Å²) in [6.45, 7) is 0. The first-order valence-corrected chi connectivity index (χ1v) is 16.3. The highest BCUT2D eigenvalue weighted by atomic mass is 15.0. The highest BCUT2D eigenvalue weighted by Gasteiger charge is 2.17. The van der Waals surface area contributed by atoms with Crippen molar-refractivity contribution in [3.05, 3.63) is 168 Å². The van der Waals surface area contributed by atoms with Crippen molar-refractivity contribution in [3.8, 4) is 51.8 Å². The molecule has 0 spiro atoms. The van der Waals surface area contributed by atoms with Crippen LogP contribution in [-0.2, 0) is 0 Å². The Kier molecular flexibility index (Phi) is 6.56. The minimum absolute atomic E-state index is 0.582. The van der Waals surface area contributed by atoms with Gasteiger partial charge in [-0.3, -0.25) is 0 Å². The molecule has 2 aromatic heterocycles. The number of para-hydroxylation sites is 2. The first-order valence-electron chi connectivity index (χ1n) is 16.3. The fraction of sp³-hybridized carbons (Fsp3) is 0. The Bertz CT molecular complexity index is 2900. The lowest BCUT2D eigenvalue weighted by Gasteiger charge is -2.15. The number of rotatable bonds is 4. The van der Waals surface area contributed by atoms with E-state index in [0.717, 1.165) is 66.5 Å². The number of benzene rings is 7. The normalized spacial score (nSPS) is 11.1. The van der Waals surface area contributed by atoms with Gasteiger partial charge >= 0.3 is 0 Å². The van der Waals surface area contributed by atoms with Gasteiger partial charge in [-0.05, 0) is 89.5 Å². The van der Waals surface area contributed by atoms with Crippen molar-refractivity contribution in [2.75, 3.05) is 0 Å². The van der Waals surface area contributed by atoms with Gasteiger partial charge in [0.05, 0.1) is 62.7 Å². The molecular weight excluding hydrogens is 611 g/mol. The van der Waals surface area contributed by atoms with Crippen molar-refractivity contribution in [2.45, 2.75) is 0 Å². The zero-order valence-corrected chi connectivity index (χ0v) is 26.7. The van der Waals surface area contributed by atoms with Crippen LogP contribution in [-0.4, -0.2) is 9.13 Å². The minimum atomic E-state index is 0.582. The van der Waals surface area contributed by atoms with Crippen LogP contribution in [0.15, 0.2) is 152 Å². The van der Waals surface area contributed by atoms with Gasteiger partial charge in [-0.2, -0.15) is 15.8 Å². The summed E-state index contributed by atoms with van der Waals surface area (Å²) < 4.78 is 4.42. The van der Waals surface area contributed by atoms with E-state index < -0.39 is 0 Å². The molecule has 9 rings (SSSR count). The third-order valence-electron chi connectivity index (χ3n) is 9.60. The molecular formula is C45H25N5. The largest absolute Gasteiger partial charge is 0.309 e. The average Bonchev–Trinajstić information content (AvgIpc) is 3.69. The monoisotopic (exact) mass is 635 g/mol. The Morgan fingerprint density at radius 2 is 0.940 bits per heavy atom. The van der Waals surface area contributed by atoms with Gasteiger partial charge in [0.1, 0.15) is 0 Å². The second-order valence-electron chi connectivity index (χ2n) is 12.4. The van der Waals surface area contributed by atoms with Gasteiger partial charge in [-0.1, -0.05) is 78.9 Å². The molecule has 2 heterocycles. The maximum absolute atomic E-state index is 9.91. The SMILES string of the molecule is N#Cc1ccc(-c2cccc(-c3ccc(-n4c5ccc(C#N)cc5c5ccc(C#N)cc54)cc3)c2)c(-n2c3ccccc3c3ccccc32)c1. The first-order chi connectivity index (χ1) is 24.6. The third kappa shape index (κ3) is 4.45. The predicted molar refractivity (Wildman–Crippen MR) is 200 cm³/mol. The summed E-state index contributed by atoms with van der Waals surface area (Å²) in [6.07, 6.45) is 0. The smallest absolute Gasteiger partial charge is 0.0992 e. The van der Waals surface area contributed by atoms with Crippen molar-refractivity contribution >= 4 is 43.6 Å². The molecule has 0 saturated heterocycles. The van der Waals surface area contributed by atoms with Gasteiger partial charge in [-0.15, -0.1) is 0 Å². The quantitative estimate of drug-likeness (QED) is 0.193. The molecule has 0 bridgehead atoms. The second-order valence-corrected chi connectivity index (χ2v) is 12.4. The summed E-state index contributed by atoms with van der Waals surface area (Å²) in [5.74, 6) is 0. The number of hydrogen-bond acceptors (Lipinski definition) is 3. The number of nitrogens with zero attached hydrogens (tertiary/aromatic N) is 5. The van der Waals surface area contributed by atoms with E-state index in [-0.39, 0.29) is 0 Å². The molecule has 5 nitrogen and oxygen atoms in total. The average molecular weight is 636 g/mol. The molecule has 0 aliphatic rings. The summed E-state index contributed by atoms with van der Waals surface area (Å²) in [5.41, 5.74) is 12.0. The fourth-order valence-electron chi connectivity index (χ4n) is 7.32. The number of fused-ring (bicyclic) bond motifs is 6. The van der Waals surface area contributed by atoms with Crippen molar-refractivity contribution < 1.29 is 0 Å². The number of aromatic nitrogens is 2.